The van der Waals surface area contributed by atoms with E-state index in [0.717, 1.165) is 43.4 Å². The van der Waals surface area contributed by atoms with Gasteiger partial charge in [0, 0.05) is 18.3 Å². The van der Waals surface area contributed by atoms with E-state index in [1.165, 1.54) is 6.42 Å². The SMILES string of the molecule is Cc1[nH]c(=O)sc1S(=O)(=O)N1CCC[C@H]2CCCC[C@H]21. The largest absolute Gasteiger partial charge is 0.315 e. The Hall–Kier alpha value is -0.660. The van der Waals surface area contributed by atoms with Gasteiger partial charge < -0.3 is 4.98 Å². The number of sulfonamides is 1. The van der Waals surface area contributed by atoms with Crippen LogP contribution in [0.4, 0.5) is 0 Å². The van der Waals surface area contributed by atoms with Crippen LogP contribution in [0.25, 0.3) is 0 Å². The molecule has 1 saturated heterocycles. The van der Waals surface area contributed by atoms with Gasteiger partial charge in [0.25, 0.3) is 10.0 Å². The van der Waals surface area contributed by atoms with Crippen molar-refractivity contribution >= 4 is 21.4 Å². The highest BCUT2D eigenvalue weighted by atomic mass is 32.2. The molecule has 0 amide bonds. The Bertz CT molecular complexity index is 645. The quantitative estimate of drug-likeness (QED) is 0.908. The van der Waals surface area contributed by atoms with Crippen molar-refractivity contribution in [3.8, 4) is 0 Å². The zero-order chi connectivity index (χ0) is 14.3. The molecule has 2 heterocycles. The normalized spacial score (nSPS) is 28.2. The van der Waals surface area contributed by atoms with Crippen molar-refractivity contribution in [1.29, 1.82) is 0 Å². The second-order valence-electron chi connectivity index (χ2n) is 5.80. The highest BCUT2D eigenvalue weighted by Crippen LogP contribution is 2.38. The van der Waals surface area contributed by atoms with Gasteiger partial charge in [-0.25, -0.2) is 8.42 Å². The fourth-order valence-electron chi connectivity index (χ4n) is 3.62. The average molecular weight is 316 g/mol. The Balaban J connectivity index is 1.97. The molecule has 0 bridgehead atoms. The van der Waals surface area contributed by atoms with Crippen LogP contribution >= 0.6 is 11.3 Å². The summed E-state index contributed by atoms with van der Waals surface area (Å²) < 4.78 is 27.6. The average Bonchev–Trinajstić information content (AvgIpc) is 2.78. The molecule has 1 aromatic heterocycles. The Kier molecular flexibility index (Phi) is 3.77. The lowest BCUT2D eigenvalue weighted by molar-refractivity contribution is 0.129. The molecule has 0 radical (unpaired) electrons. The number of hydrogen-bond acceptors (Lipinski definition) is 4. The van der Waals surface area contributed by atoms with Gasteiger partial charge in [-0.05, 0) is 38.5 Å². The molecular weight excluding hydrogens is 296 g/mol. The number of hydrogen-bond donors (Lipinski definition) is 1. The molecule has 112 valence electrons. The summed E-state index contributed by atoms with van der Waals surface area (Å²) in [5.74, 6) is 0.503. The third kappa shape index (κ3) is 2.35. The Morgan fingerprint density at radius 3 is 2.60 bits per heavy atom. The second-order valence-corrected chi connectivity index (χ2v) is 8.87. The number of rotatable bonds is 2. The Morgan fingerprint density at radius 1 is 1.20 bits per heavy atom. The molecule has 2 atom stereocenters. The smallest absolute Gasteiger partial charge is 0.305 e. The fourth-order valence-corrected chi connectivity index (χ4v) is 6.79. The van der Waals surface area contributed by atoms with E-state index in [-0.39, 0.29) is 15.1 Å². The van der Waals surface area contributed by atoms with Gasteiger partial charge in [0.1, 0.15) is 0 Å². The van der Waals surface area contributed by atoms with Crippen LogP contribution in [0.3, 0.4) is 0 Å². The minimum Gasteiger partial charge on any atom is -0.315 e. The van der Waals surface area contributed by atoms with Gasteiger partial charge >= 0.3 is 4.87 Å². The summed E-state index contributed by atoms with van der Waals surface area (Å²) in [5.41, 5.74) is 0.470. The van der Waals surface area contributed by atoms with Gasteiger partial charge in [0.15, 0.2) is 4.21 Å². The summed E-state index contributed by atoms with van der Waals surface area (Å²) in [6, 6.07) is 0.138. The Morgan fingerprint density at radius 2 is 1.90 bits per heavy atom. The van der Waals surface area contributed by atoms with E-state index in [1.807, 2.05) is 0 Å². The molecule has 1 N–H and O–H groups in total. The molecule has 3 rings (SSSR count). The number of aryl methyl sites for hydroxylation is 1. The number of nitrogens with one attached hydrogen (secondary N) is 1. The van der Waals surface area contributed by atoms with Crippen LogP contribution in [0.15, 0.2) is 9.00 Å². The molecule has 2 fully saturated rings. The fraction of sp³-hybridized carbons (Fsp3) is 0.769. The molecular formula is C13H20N2O3S2. The minimum absolute atomic E-state index is 0.138. The lowest BCUT2D eigenvalue weighted by atomic mass is 9.79. The van der Waals surface area contributed by atoms with E-state index < -0.39 is 10.0 Å². The zero-order valence-electron chi connectivity index (χ0n) is 11.6. The molecule has 1 aliphatic carbocycles. The van der Waals surface area contributed by atoms with E-state index in [9.17, 15) is 13.2 Å². The van der Waals surface area contributed by atoms with Crippen LogP contribution in [0.2, 0.25) is 0 Å². The molecule has 5 nitrogen and oxygen atoms in total. The first kappa shape index (κ1) is 14.3. The van der Waals surface area contributed by atoms with Crippen molar-refractivity contribution in [2.45, 2.75) is 55.7 Å². The van der Waals surface area contributed by atoms with Crippen LogP contribution in [0.1, 0.15) is 44.2 Å². The van der Waals surface area contributed by atoms with Crippen LogP contribution < -0.4 is 4.87 Å². The summed E-state index contributed by atoms with van der Waals surface area (Å²) in [5, 5.41) is 0. The molecule has 0 unspecified atom stereocenters. The highest BCUT2D eigenvalue weighted by molar-refractivity contribution is 7.91. The maximum atomic E-state index is 12.9. The molecule has 0 aromatic carbocycles. The van der Waals surface area contributed by atoms with Crippen LogP contribution in [-0.2, 0) is 10.0 Å². The summed E-state index contributed by atoms with van der Waals surface area (Å²) in [6.07, 6.45) is 6.49. The number of thiazole rings is 1. The maximum Gasteiger partial charge on any atom is 0.305 e. The number of nitrogens with zero attached hydrogens (tertiary/aromatic N) is 1. The second kappa shape index (κ2) is 5.27. The van der Waals surface area contributed by atoms with Gasteiger partial charge in [-0.1, -0.05) is 24.2 Å². The van der Waals surface area contributed by atoms with Gasteiger partial charge in [0.05, 0.1) is 0 Å². The summed E-state index contributed by atoms with van der Waals surface area (Å²) in [7, 11) is -3.52. The maximum absolute atomic E-state index is 12.9. The van der Waals surface area contributed by atoms with Crippen molar-refractivity contribution in [2.75, 3.05) is 6.54 Å². The van der Waals surface area contributed by atoms with Crippen molar-refractivity contribution < 1.29 is 8.42 Å². The third-order valence-corrected chi connectivity index (χ3v) is 8.02. The molecule has 0 spiro atoms. The van der Waals surface area contributed by atoms with Crippen molar-refractivity contribution in [2.24, 2.45) is 5.92 Å². The van der Waals surface area contributed by atoms with Crippen LogP contribution in [0, 0.1) is 12.8 Å². The zero-order valence-corrected chi connectivity index (χ0v) is 13.2. The molecule has 2 aliphatic rings. The molecule has 7 heteroatoms. The summed E-state index contributed by atoms with van der Waals surface area (Å²) >= 11 is 0.814. The predicted molar refractivity (Wildman–Crippen MR) is 78.5 cm³/mol. The van der Waals surface area contributed by atoms with Gasteiger partial charge in [-0.15, -0.1) is 0 Å². The van der Waals surface area contributed by atoms with Crippen molar-refractivity contribution in [1.82, 2.24) is 9.29 Å². The van der Waals surface area contributed by atoms with Gasteiger partial charge in [-0.2, -0.15) is 4.31 Å². The molecule has 1 saturated carbocycles. The minimum atomic E-state index is -3.52. The molecule has 1 aliphatic heterocycles. The lowest BCUT2D eigenvalue weighted by Gasteiger charge is -2.42. The number of aromatic amines is 1. The number of H-pyrrole nitrogens is 1. The predicted octanol–water partition coefficient (Wildman–Crippen LogP) is 2.09. The first-order valence-electron chi connectivity index (χ1n) is 7.21. The van der Waals surface area contributed by atoms with Gasteiger partial charge in [-0.3, -0.25) is 4.79 Å². The van der Waals surface area contributed by atoms with Crippen LogP contribution in [-0.4, -0.2) is 30.3 Å². The van der Waals surface area contributed by atoms with Crippen molar-refractivity contribution in [3.05, 3.63) is 15.4 Å². The van der Waals surface area contributed by atoms with Crippen LogP contribution in [0.5, 0.6) is 0 Å². The summed E-state index contributed by atoms with van der Waals surface area (Å²) in [4.78, 5) is 13.7. The highest BCUT2D eigenvalue weighted by Gasteiger charge is 2.41. The van der Waals surface area contributed by atoms with Crippen molar-refractivity contribution in [3.63, 3.8) is 0 Å². The number of aromatic nitrogens is 1. The molecule has 20 heavy (non-hydrogen) atoms. The number of fused-ring (bicyclic) bond motifs is 1. The van der Waals surface area contributed by atoms with E-state index in [2.05, 4.69) is 4.98 Å². The lowest BCUT2D eigenvalue weighted by Crippen LogP contribution is -2.49. The van der Waals surface area contributed by atoms with E-state index in [0.29, 0.717) is 18.2 Å². The standard InChI is InChI=1S/C13H20N2O3S2/c1-9-12(19-13(16)14-9)20(17,18)15-8-4-6-10-5-2-3-7-11(10)15/h10-11H,2-8H2,1H3,(H,14,16)/t10-,11-/m1/s1. The summed E-state index contributed by atoms with van der Waals surface area (Å²) in [6.45, 7) is 2.25. The Labute approximate surface area is 123 Å². The molecule has 1 aromatic rings. The first-order valence-corrected chi connectivity index (χ1v) is 9.47. The topological polar surface area (TPSA) is 70.2 Å². The van der Waals surface area contributed by atoms with E-state index in [4.69, 9.17) is 0 Å². The third-order valence-electron chi connectivity index (χ3n) is 4.52. The van der Waals surface area contributed by atoms with Gasteiger partial charge in [0.2, 0.25) is 0 Å². The number of piperidine rings is 1. The van der Waals surface area contributed by atoms with E-state index in [1.54, 1.807) is 11.2 Å². The monoisotopic (exact) mass is 316 g/mol. The van der Waals surface area contributed by atoms with E-state index >= 15 is 0 Å². The first-order chi connectivity index (χ1) is 9.50.